The summed E-state index contributed by atoms with van der Waals surface area (Å²) in [4.78, 5) is 45.8. The minimum atomic E-state index is -2.05. The number of carbonyl (C=O) groups is 3. The maximum atomic E-state index is 14.4. The molecule has 2 aromatic rings. The van der Waals surface area contributed by atoms with Crippen LogP contribution in [0.1, 0.15) is 103 Å². The van der Waals surface area contributed by atoms with E-state index in [0.29, 0.717) is 6.42 Å². The molecular formula is C44H60N2O13. The van der Waals surface area contributed by atoms with Crippen molar-refractivity contribution in [2.45, 2.75) is 118 Å². The Balaban J connectivity index is 1.93. The van der Waals surface area contributed by atoms with Gasteiger partial charge in [-0.3, -0.25) is 14.4 Å². The Bertz CT molecular complexity index is 2010. The molecule has 3 heterocycles. The van der Waals surface area contributed by atoms with Crippen molar-refractivity contribution in [2.75, 3.05) is 19.0 Å². The van der Waals surface area contributed by atoms with Gasteiger partial charge in [-0.25, -0.2) is 0 Å². The molecule has 15 nitrogen and oxygen atoms in total. The molecule has 0 saturated heterocycles. The smallest absolute Gasteiger partial charge is 0.312 e. The summed E-state index contributed by atoms with van der Waals surface area (Å²) in [6.45, 7) is 14.8. The highest BCUT2D eigenvalue weighted by Gasteiger charge is 2.50. The highest BCUT2D eigenvalue weighted by molar-refractivity contribution is 6.23. The van der Waals surface area contributed by atoms with Crippen LogP contribution in [0.2, 0.25) is 0 Å². The maximum Gasteiger partial charge on any atom is 0.312 e. The van der Waals surface area contributed by atoms with Crippen molar-refractivity contribution >= 4 is 40.3 Å². The van der Waals surface area contributed by atoms with Gasteiger partial charge in [-0.05, 0) is 32.8 Å². The van der Waals surface area contributed by atoms with Crippen LogP contribution in [0, 0.1) is 30.6 Å². The first-order chi connectivity index (χ1) is 27.8. The number of fused-ring (bicyclic) bond motifs is 14. The van der Waals surface area contributed by atoms with Crippen molar-refractivity contribution in [2.24, 2.45) is 28.8 Å². The number of carbonyl (C=O) groups excluding carboxylic acids is 3. The number of amides is 1. The van der Waals surface area contributed by atoms with Gasteiger partial charge in [0.2, 0.25) is 0 Å². The van der Waals surface area contributed by atoms with E-state index in [-0.39, 0.29) is 51.1 Å². The Morgan fingerprint density at radius 1 is 0.949 bits per heavy atom. The van der Waals surface area contributed by atoms with E-state index in [2.05, 4.69) is 17.4 Å². The van der Waals surface area contributed by atoms with E-state index in [1.54, 1.807) is 39.8 Å². The first-order valence-corrected chi connectivity index (χ1v) is 20.1. The normalized spacial score (nSPS) is 28.1. The monoisotopic (exact) mass is 824 g/mol. The standard InChI is InChI=1S/C44H60N2O13/c1-11-12-13-14-19-57-45-21-29-34-39(52)32-31(38(29)51)33-41(27(7)37(32)50)59-44(9,42(33)53)56-20-18-30(55-10)24(4)40(58-28(8)47)26(6)36(49)25(5)35(48)22(2)16-15-17-23(3)43(54)46-34/h15-18,20-22,24-26,30,35-36,40,48-52H,11-14,19H2,1-10H3,(H,46,54)/b16-15?,20-18?,23-17?,45-21+. The van der Waals surface area contributed by atoms with Crippen molar-refractivity contribution in [3.05, 3.63) is 52.8 Å². The van der Waals surface area contributed by atoms with E-state index < -0.39 is 88.8 Å². The number of hydrogen-bond donors (Lipinski definition) is 6. The molecule has 9 atom stereocenters. The van der Waals surface area contributed by atoms with Gasteiger partial charge in [0.1, 0.15) is 30.0 Å². The molecule has 9 unspecified atom stereocenters. The highest BCUT2D eigenvalue weighted by Crippen LogP contribution is 2.55. The third-order valence-corrected chi connectivity index (χ3v) is 11.4. The van der Waals surface area contributed by atoms with Crippen molar-refractivity contribution in [1.82, 2.24) is 0 Å². The largest absolute Gasteiger partial charge is 0.507 e. The Morgan fingerprint density at radius 3 is 2.29 bits per heavy atom. The fourth-order valence-corrected chi connectivity index (χ4v) is 7.61. The summed E-state index contributed by atoms with van der Waals surface area (Å²) in [6, 6.07) is 0. The van der Waals surface area contributed by atoms with Crippen LogP contribution in [0.25, 0.3) is 10.8 Å². The minimum Gasteiger partial charge on any atom is -0.507 e. The summed E-state index contributed by atoms with van der Waals surface area (Å²) < 4.78 is 23.5. The summed E-state index contributed by atoms with van der Waals surface area (Å²) in [5.41, 5.74) is -0.556. The molecule has 1 amide bonds. The number of nitrogens with one attached hydrogen (secondary N) is 1. The zero-order valence-electron chi connectivity index (χ0n) is 35.6. The zero-order chi connectivity index (χ0) is 43.9. The van der Waals surface area contributed by atoms with E-state index in [9.17, 15) is 39.9 Å². The lowest BCUT2D eigenvalue weighted by atomic mass is 9.78. The summed E-state index contributed by atoms with van der Waals surface area (Å²) in [5, 5.41) is 64.1. The van der Waals surface area contributed by atoms with Gasteiger partial charge in [0.05, 0.1) is 53.0 Å². The van der Waals surface area contributed by atoms with Crippen LogP contribution in [0.4, 0.5) is 5.69 Å². The molecule has 0 aliphatic carbocycles. The second-order valence-electron chi connectivity index (χ2n) is 15.7. The summed E-state index contributed by atoms with van der Waals surface area (Å²) >= 11 is 0. The van der Waals surface area contributed by atoms with Gasteiger partial charge in [-0.15, -0.1) is 0 Å². The average molecular weight is 825 g/mol. The third kappa shape index (κ3) is 9.85. The lowest BCUT2D eigenvalue weighted by Gasteiger charge is -2.38. The van der Waals surface area contributed by atoms with Gasteiger partial charge in [-0.2, -0.15) is 0 Å². The van der Waals surface area contributed by atoms with E-state index in [0.717, 1.165) is 25.5 Å². The van der Waals surface area contributed by atoms with E-state index in [1.165, 1.54) is 53.2 Å². The SMILES string of the molecule is CCCCCCO/N=C/c1c2c(O)c3c(O)c(C)c4c(c3c1O)C(=O)C(C)(OC=CC(OC)C(C)C(OC(C)=O)C(C)C(O)C(C)C(O)C(C)C=CC=C(C)C(=O)N2)O4. The molecule has 0 spiro atoms. The van der Waals surface area contributed by atoms with Crippen molar-refractivity contribution in [3.8, 4) is 23.0 Å². The molecule has 59 heavy (non-hydrogen) atoms. The molecule has 6 N–H and O–H groups in total. The van der Waals surface area contributed by atoms with E-state index >= 15 is 0 Å². The number of Topliss-reactive ketones (excluding diaryl/α,β-unsaturated/α-hetero) is 1. The Morgan fingerprint density at radius 2 is 1.64 bits per heavy atom. The van der Waals surface area contributed by atoms with Crippen LogP contribution in [0.3, 0.4) is 0 Å². The predicted molar refractivity (Wildman–Crippen MR) is 222 cm³/mol. The molecule has 324 valence electrons. The Kier molecular flexibility index (Phi) is 15.6. The number of rotatable bonds is 9. The third-order valence-electron chi connectivity index (χ3n) is 11.4. The van der Waals surface area contributed by atoms with Crippen LogP contribution in [-0.2, 0) is 28.6 Å². The van der Waals surface area contributed by atoms with Crippen LogP contribution in [0.5, 0.6) is 23.0 Å². The number of allylic oxidation sites excluding steroid dienone is 2. The molecule has 0 fully saturated rings. The number of phenolic OH excluding ortho intramolecular Hbond substituents is 3. The number of aliphatic hydroxyl groups is 2. The summed E-state index contributed by atoms with van der Waals surface area (Å²) in [6.07, 6.45) is 8.25. The number of benzene rings is 2. The molecule has 0 aromatic heterocycles. The number of aromatic hydroxyl groups is 3. The number of aliphatic hydroxyl groups excluding tert-OH is 2. The molecule has 5 rings (SSSR count). The number of hydrogen-bond acceptors (Lipinski definition) is 14. The van der Waals surface area contributed by atoms with Gasteiger partial charge in [0, 0.05) is 61.2 Å². The van der Waals surface area contributed by atoms with Gasteiger partial charge in [0.25, 0.3) is 11.7 Å². The lowest BCUT2D eigenvalue weighted by molar-refractivity contribution is -0.160. The second kappa shape index (κ2) is 19.8. The number of unbranched alkanes of at least 4 members (excludes halogenated alkanes) is 3. The molecular weight excluding hydrogens is 764 g/mol. The van der Waals surface area contributed by atoms with Crippen molar-refractivity contribution in [1.29, 1.82) is 0 Å². The quantitative estimate of drug-likeness (QED) is 0.0388. The van der Waals surface area contributed by atoms with E-state index in [1.807, 2.05) is 0 Å². The second-order valence-corrected chi connectivity index (χ2v) is 15.7. The number of ether oxygens (including phenoxy) is 4. The number of oxime groups is 1. The van der Waals surface area contributed by atoms with Crippen molar-refractivity contribution < 1.29 is 63.7 Å². The molecule has 3 aliphatic rings. The fourth-order valence-electron chi connectivity index (χ4n) is 7.61. The zero-order valence-corrected chi connectivity index (χ0v) is 35.6. The van der Waals surface area contributed by atoms with E-state index in [4.69, 9.17) is 23.8 Å². The molecule has 2 aromatic carbocycles. The molecule has 5 bridgehead atoms. The highest BCUT2D eigenvalue weighted by atomic mass is 16.7. The summed E-state index contributed by atoms with van der Waals surface area (Å²) in [7, 11) is 1.43. The van der Waals surface area contributed by atoms with Crippen LogP contribution < -0.4 is 10.1 Å². The molecule has 15 heteroatoms. The van der Waals surface area contributed by atoms with Gasteiger partial charge >= 0.3 is 11.8 Å². The Hall–Kier alpha value is -5.12. The lowest BCUT2D eigenvalue weighted by Crippen LogP contribution is -2.46. The summed E-state index contributed by atoms with van der Waals surface area (Å²) in [5.74, 6) is -8.56. The molecule has 3 aliphatic heterocycles. The van der Waals surface area contributed by atoms with Gasteiger partial charge in [-0.1, -0.05) is 70.8 Å². The van der Waals surface area contributed by atoms with Crippen LogP contribution in [-0.4, -0.2) is 93.3 Å². The number of anilines is 1. The van der Waals surface area contributed by atoms with Crippen LogP contribution >= 0.6 is 0 Å². The van der Waals surface area contributed by atoms with Gasteiger partial charge < -0.3 is 54.6 Å². The number of phenols is 3. The molecule has 0 radical (unpaired) electrons. The fraction of sp³-hybridized carbons (Fsp3) is 0.545. The number of esters is 1. The maximum absolute atomic E-state index is 14.4. The average Bonchev–Trinajstić information content (AvgIpc) is 3.46. The Labute approximate surface area is 345 Å². The topological polar surface area (TPSA) is 223 Å². The first-order valence-electron chi connectivity index (χ1n) is 20.1. The first kappa shape index (κ1) is 46.6. The molecule has 0 saturated carbocycles. The number of methoxy groups -OCH3 is 1. The number of ketones is 1. The number of nitrogens with zero attached hydrogens (tertiary/aromatic N) is 1. The van der Waals surface area contributed by atoms with Gasteiger partial charge in [0.15, 0.2) is 5.75 Å². The van der Waals surface area contributed by atoms with Crippen LogP contribution in [0.15, 0.2) is 41.3 Å². The van der Waals surface area contributed by atoms with Crippen molar-refractivity contribution in [3.63, 3.8) is 0 Å². The minimum absolute atomic E-state index is 0.0402. The predicted octanol–water partition coefficient (Wildman–Crippen LogP) is 6.68.